The molecule has 2 heterocycles. The number of fused-ring (bicyclic) bond motifs is 3. The van der Waals surface area contributed by atoms with E-state index in [-0.39, 0.29) is 12.1 Å². The summed E-state index contributed by atoms with van der Waals surface area (Å²) in [6, 6.07) is 9.24. The lowest BCUT2D eigenvalue weighted by atomic mass is 9.86. The molecule has 1 aromatic carbocycles. The monoisotopic (exact) mass is 365 g/mol. The molecule has 6 nitrogen and oxygen atoms in total. The number of thiophene rings is 1. The summed E-state index contributed by atoms with van der Waals surface area (Å²) in [7, 11) is 0. The average molecular weight is 365 g/mol. The first kappa shape index (κ1) is 16.5. The maximum Gasteiger partial charge on any atom is 0.311 e. The lowest BCUT2D eigenvalue weighted by Crippen LogP contribution is -2.24. The molecule has 4 rings (SSSR count). The Labute approximate surface area is 153 Å². The molecule has 0 bridgehead atoms. The number of benzene rings is 1. The molecule has 1 aliphatic rings. The predicted molar refractivity (Wildman–Crippen MR) is 97.5 cm³/mol. The lowest BCUT2D eigenvalue weighted by Gasteiger charge is -2.18. The third-order valence-corrected chi connectivity index (χ3v) is 5.99. The van der Waals surface area contributed by atoms with E-state index in [1.807, 2.05) is 6.07 Å². The highest BCUT2D eigenvalue weighted by Gasteiger charge is 2.32. The van der Waals surface area contributed by atoms with E-state index in [2.05, 4.69) is 11.1 Å². The Morgan fingerprint density at radius 2 is 2.23 bits per heavy atom. The van der Waals surface area contributed by atoms with Crippen LogP contribution in [0.5, 0.6) is 0 Å². The highest BCUT2D eigenvalue weighted by Crippen LogP contribution is 2.40. The zero-order chi connectivity index (χ0) is 18.3. The molecule has 0 fully saturated rings. The summed E-state index contributed by atoms with van der Waals surface area (Å²) in [6.07, 6.45) is 3.62. The Balaban J connectivity index is 1.88. The van der Waals surface area contributed by atoms with Gasteiger partial charge in [0.25, 0.3) is 5.56 Å². The number of carboxylic acids is 1. The van der Waals surface area contributed by atoms with Crippen molar-refractivity contribution < 1.29 is 9.90 Å². The Morgan fingerprint density at radius 1 is 1.42 bits per heavy atom. The SMILES string of the molecule is N#Cc1ccccc1Cn1cnc2sc3c(c2c1=O)C(C(=O)O)CCC3. The molecule has 2 aromatic heterocycles. The van der Waals surface area contributed by atoms with Crippen LogP contribution in [-0.4, -0.2) is 20.6 Å². The molecule has 1 unspecified atom stereocenters. The molecule has 0 radical (unpaired) electrons. The number of aryl methyl sites for hydroxylation is 1. The fourth-order valence-corrected chi connectivity index (χ4v) is 4.80. The van der Waals surface area contributed by atoms with Crippen molar-refractivity contribution in [2.24, 2.45) is 0 Å². The van der Waals surface area contributed by atoms with Crippen molar-refractivity contribution in [3.63, 3.8) is 0 Å². The second-order valence-electron chi connectivity index (χ2n) is 6.35. The van der Waals surface area contributed by atoms with Crippen molar-refractivity contribution in [2.75, 3.05) is 0 Å². The van der Waals surface area contributed by atoms with Crippen LogP contribution >= 0.6 is 11.3 Å². The molecule has 0 saturated carbocycles. The van der Waals surface area contributed by atoms with Gasteiger partial charge in [-0.25, -0.2) is 4.98 Å². The third kappa shape index (κ3) is 2.59. The first-order valence-corrected chi connectivity index (χ1v) is 9.13. The van der Waals surface area contributed by atoms with Crippen LogP contribution in [-0.2, 0) is 17.8 Å². The largest absolute Gasteiger partial charge is 0.481 e. The predicted octanol–water partition coefficient (Wildman–Crippen LogP) is 2.88. The van der Waals surface area contributed by atoms with E-state index in [1.54, 1.807) is 18.2 Å². The molecule has 1 aliphatic carbocycles. The molecule has 130 valence electrons. The fourth-order valence-electron chi connectivity index (χ4n) is 3.57. The number of hydrogen-bond donors (Lipinski definition) is 1. The van der Waals surface area contributed by atoms with Crippen LogP contribution in [0.25, 0.3) is 10.2 Å². The number of aliphatic carboxylic acids is 1. The number of aromatic nitrogens is 2. The normalized spacial score (nSPS) is 16.2. The highest BCUT2D eigenvalue weighted by atomic mass is 32.1. The van der Waals surface area contributed by atoms with Crippen LogP contribution in [0.15, 0.2) is 35.4 Å². The van der Waals surface area contributed by atoms with Gasteiger partial charge in [-0.05, 0) is 36.5 Å². The first-order chi connectivity index (χ1) is 12.6. The van der Waals surface area contributed by atoms with Gasteiger partial charge in [0.2, 0.25) is 0 Å². The van der Waals surface area contributed by atoms with Crippen molar-refractivity contribution in [2.45, 2.75) is 31.7 Å². The molecule has 0 spiro atoms. The maximum absolute atomic E-state index is 13.1. The second-order valence-corrected chi connectivity index (χ2v) is 7.43. The minimum atomic E-state index is -0.893. The second kappa shape index (κ2) is 6.39. The van der Waals surface area contributed by atoms with Gasteiger partial charge in [0.05, 0.1) is 35.8 Å². The zero-order valence-electron chi connectivity index (χ0n) is 13.8. The Morgan fingerprint density at radius 3 is 3.00 bits per heavy atom. The standard InChI is InChI=1S/C19H15N3O3S/c20-8-11-4-1-2-5-12(11)9-22-10-21-17-16(18(22)23)15-13(19(24)25)6-3-7-14(15)26-17/h1-2,4-5,10,13H,3,6-7,9H2,(H,24,25). The van der Waals surface area contributed by atoms with Crippen molar-refractivity contribution in [1.29, 1.82) is 5.26 Å². The topological polar surface area (TPSA) is 96.0 Å². The molecule has 26 heavy (non-hydrogen) atoms. The first-order valence-electron chi connectivity index (χ1n) is 8.31. The molecule has 1 atom stereocenters. The summed E-state index contributed by atoms with van der Waals surface area (Å²) in [6.45, 7) is 0.230. The average Bonchev–Trinajstić information content (AvgIpc) is 3.03. The van der Waals surface area contributed by atoms with E-state index in [1.165, 1.54) is 22.2 Å². The molecular formula is C19H15N3O3S. The number of nitrogens with zero attached hydrogens (tertiary/aromatic N) is 3. The Hall–Kier alpha value is -2.98. The highest BCUT2D eigenvalue weighted by molar-refractivity contribution is 7.18. The van der Waals surface area contributed by atoms with Crippen molar-refractivity contribution in [3.05, 3.63) is 62.5 Å². The number of carboxylic acid groups (broad SMARTS) is 1. The van der Waals surface area contributed by atoms with Gasteiger partial charge in [0.15, 0.2) is 0 Å². The summed E-state index contributed by atoms with van der Waals surface area (Å²) >= 11 is 1.42. The summed E-state index contributed by atoms with van der Waals surface area (Å²) in [4.78, 5) is 30.7. The summed E-state index contributed by atoms with van der Waals surface area (Å²) in [5, 5.41) is 19.2. The van der Waals surface area contributed by atoms with Gasteiger partial charge in [0, 0.05) is 4.88 Å². The van der Waals surface area contributed by atoms with Gasteiger partial charge in [0.1, 0.15) is 4.83 Å². The molecule has 0 aliphatic heterocycles. The van der Waals surface area contributed by atoms with E-state index in [9.17, 15) is 20.0 Å². The quantitative estimate of drug-likeness (QED) is 0.770. The fraction of sp³-hybridized carbons (Fsp3) is 0.263. The summed E-state index contributed by atoms with van der Waals surface area (Å²) in [5.41, 5.74) is 1.64. The van der Waals surface area contributed by atoms with E-state index >= 15 is 0 Å². The van der Waals surface area contributed by atoms with Crippen molar-refractivity contribution in [1.82, 2.24) is 9.55 Å². The summed E-state index contributed by atoms with van der Waals surface area (Å²) in [5.74, 6) is -1.54. The summed E-state index contributed by atoms with van der Waals surface area (Å²) < 4.78 is 1.46. The van der Waals surface area contributed by atoms with Crippen LogP contribution in [0, 0.1) is 11.3 Å². The molecule has 1 N–H and O–H groups in total. The molecule has 3 aromatic rings. The molecule has 7 heteroatoms. The van der Waals surface area contributed by atoms with Crippen LogP contribution < -0.4 is 5.56 Å². The van der Waals surface area contributed by atoms with E-state index in [0.29, 0.717) is 27.8 Å². The zero-order valence-corrected chi connectivity index (χ0v) is 14.6. The van der Waals surface area contributed by atoms with E-state index < -0.39 is 11.9 Å². The number of carbonyl (C=O) groups is 1. The van der Waals surface area contributed by atoms with Crippen LogP contribution in [0.3, 0.4) is 0 Å². The van der Waals surface area contributed by atoms with E-state index in [4.69, 9.17) is 0 Å². The smallest absolute Gasteiger partial charge is 0.311 e. The van der Waals surface area contributed by atoms with Gasteiger partial charge in [-0.3, -0.25) is 14.2 Å². The molecule has 0 saturated heterocycles. The lowest BCUT2D eigenvalue weighted by molar-refractivity contribution is -0.139. The Bertz CT molecular complexity index is 1120. The van der Waals surface area contributed by atoms with Gasteiger partial charge >= 0.3 is 5.97 Å². The van der Waals surface area contributed by atoms with Gasteiger partial charge in [-0.15, -0.1) is 11.3 Å². The van der Waals surface area contributed by atoms with E-state index in [0.717, 1.165) is 23.3 Å². The minimum absolute atomic E-state index is 0.230. The maximum atomic E-state index is 13.1. The number of nitriles is 1. The van der Waals surface area contributed by atoms with Gasteiger partial charge in [-0.2, -0.15) is 5.26 Å². The minimum Gasteiger partial charge on any atom is -0.481 e. The Kier molecular flexibility index (Phi) is 4.05. The molecule has 0 amide bonds. The molecular weight excluding hydrogens is 350 g/mol. The number of rotatable bonds is 3. The van der Waals surface area contributed by atoms with Gasteiger partial charge < -0.3 is 5.11 Å². The van der Waals surface area contributed by atoms with Crippen LogP contribution in [0.1, 0.15) is 40.3 Å². The van der Waals surface area contributed by atoms with Crippen LogP contribution in [0.2, 0.25) is 0 Å². The third-order valence-electron chi connectivity index (χ3n) is 4.81. The number of hydrogen-bond acceptors (Lipinski definition) is 5. The van der Waals surface area contributed by atoms with Crippen molar-refractivity contribution >= 4 is 27.5 Å². The van der Waals surface area contributed by atoms with Crippen molar-refractivity contribution in [3.8, 4) is 6.07 Å². The van der Waals surface area contributed by atoms with Gasteiger partial charge in [-0.1, -0.05) is 18.2 Å². The van der Waals surface area contributed by atoms with Crippen LogP contribution in [0.4, 0.5) is 0 Å².